The van der Waals surface area contributed by atoms with Gasteiger partial charge in [-0.15, -0.1) is 0 Å². The van der Waals surface area contributed by atoms with Gasteiger partial charge in [-0.2, -0.15) is 0 Å². The molecule has 0 unspecified atom stereocenters. The molecule has 0 aliphatic heterocycles. The summed E-state index contributed by atoms with van der Waals surface area (Å²) < 4.78 is 24.3. The Morgan fingerprint density at radius 3 is 2.24 bits per heavy atom. The average Bonchev–Trinajstić information content (AvgIpc) is 2.48. The van der Waals surface area contributed by atoms with Gasteiger partial charge in [-0.1, -0.05) is 48.0 Å². The van der Waals surface area contributed by atoms with Gasteiger partial charge in [-0.3, -0.25) is 0 Å². The molecule has 2 rings (SSSR count). The Labute approximate surface area is 130 Å². The first-order valence-corrected chi connectivity index (χ1v) is 10.1. The first-order valence-electron chi connectivity index (χ1n) is 7.08. The van der Waals surface area contributed by atoms with E-state index in [0.717, 1.165) is 35.6 Å². The topological polar surface area (TPSA) is 34.1 Å². The van der Waals surface area contributed by atoms with Gasteiger partial charge < -0.3 is 0 Å². The Morgan fingerprint density at radius 2 is 1.57 bits per heavy atom. The van der Waals surface area contributed by atoms with Crippen molar-refractivity contribution >= 4 is 19.7 Å². The van der Waals surface area contributed by atoms with Crippen LogP contribution in [0.3, 0.4) is 0 Å². The summed E-state index contributed by atoms with van der Waals surface area (Å²) in [5.41, 5.74) is 2.38. The summed E-state index contributed by atoms with van der Waals surface area (Å²) in [4.78, 5) is 0.404. The molecule has 0 amide bonds. The Bertz CT molecular complexity index is 647. The molecule has 2 aromatic rings. The molecule has 0 fully saturated rings. The molecule has 0 saturated heterocycles. The summed E-state index contributed by atoms with van der Waals surface area (Å²) in [6, 6.07) is 17.3. The molecule has 0 N–H and O–H groups in total. The van der Waals surface area contributed by atoms with Crippen molar-refractivity contribution in [2.45, 2.75) is 31.1 Å². The van der Waals surface area contributed by atoms with Gasteiger partial charge in [0.15, 0.2) is 0 Å². The molecule has 21 heavy (non-hydrogen) atoms. The zero-order valence-electron chi connectivity index (χ0n) is 12.2. The van der Waals surface area contributed by atoms with E-state index in [1.54, 1.807) is 12.1 Å². The second kappa shape index (κ2) is 7.66. The normalized spacial score (nSPS) is 11.5. The predicted molar refractivity (Wildman–Crippen MR) is 90.2 cm³/mol. The molecule has 2 nitrogen and oxygen atoms in total. The molecule has 0 aliphatic rings. The molecule has 0 heterocycles. The summed E-state index contributed by atoms with van der Waals surface area (Å²) >= 11 is 0. The van der Waals surface area contributed by atoms with Crippen molar-refractivity contribution in [1.82, 2.24) is 0 Å². The minimum atomic E-state index is -3.21. The van der Waals surface area contributed by atoms with Crippen LogP contribution >= 0.6 is 10.8 Å². The Morgan fingerprint density at radius 1 is 0.905 bits per heavy atom. The predicted octanol–water partition coefficient (Wildman–Crippen LogP) is 4.44. The van der Waals surface area contributed by atoms with Crippen molar-refractivity contribution in [1.29, 1.82) is 0 Å². The van der Waals surface area contributed by atoms with Gasteiger partial charge in [0, 0.05) is 5.75 Å². The van der Waals surface area contributed by atoms with Gasteiger partial charge in [-0.25, -0.2) is 8.42 Å². The van der Waals surface area contributed by atoms with Crippen LogP contribution < -0.4 is 0 Å². The van der Waals surface area contributed by atoms with Crippen LogP contribution in [-0.4, -0.2) is 14.2 Å². The highest BCUT2D eigenvalue weighted by molar-refractivity contribution is 8.72. The molecule has 0 radical (unpaired) electrons. The molecular formula is C17H20O2S2. The van der Waals surface area contributed by atoms with Crippen molar-refractivity contribution in [3.05, 3.63) is 65.7 Å². The molecule has 0 aromatic heterocycles. The van der Waals surface area contributed by atoms with Crippen LogP contribution in [0.1, 0.15) is 24.0 Å². The third-order valence-electron chi connectivity index (χ3n) is 3.25. The second-order valence-electron chi connectivity index (χ2n) is 5.03. The van der Waals surface area contributed by atoms with Crippen LogP contribution in [0.15, 0.2) is 59.5 Å². The van der Waals surface area contributed by atoms with Gasteiger partial charge >= 0.3 is 0 Å². The van der Waals surface area contributed by atoms with Gasteiger partial charge in [0.2, 0.25) is 8.87 Å². The molecule has 0 bridgehead atoms. The van der Waals surface area contributed by atoms with Crippen LogP contribution in [0.5, 0.6) is 0 Å². The molecule has 112 valence electrons. The first-order chi connectivity index (χ1) is 10.1. The summed E-state index contributed by atoms with van der Waals surface area (Å²) in [7, 11) is -2.16. The summed E-state index contributed by atoms with van der Waals surface area (Å²) in [5.74, 6) is 0.642. The maximum Gasteiger partial charge on any atom is 0.229 e. The Balaban J connectivity index is 1.76. The van der Waals surface area contributed by atoms with Crippen molar-refractivity contribution in [3.63, 3.8) is 0 Å². The fraction of sp³-hybridized carbons (Fsp3) is 0.294. The zero-order valence-corrected chi connectivity index (χ0v) is 13.8. The van der Waals surface area contributed by atoms with Crippen LogP contribution in [-0.2, 0) is 15.3 Å². The fourth-order valence-electron chi connectivity index (χ4n) is 2.02. The minimum Gasteiger partial charge on any atom is -0.212 e. The van der Waals surface area contributed by atoms with E-state index in [9.17, 15) is 8.42 Å². The van der Waals surface area contributed by atoms with Crippen LogP contribution in [0, 0.1) is 6.92 Å². The zero-order chi connectivity index (χ0) is 15.1. The lowest BCUT2D eigenvalue weighted by molar-refractivity contribution is 0.610. The van der Waals surface area contributed by atoms with E-state index in [2.05, 4.69) is 12.1 Å². The van der Waals surface area contributed by atoms with Gasteiger partial charge in [0.25, 0.3) is 0 Å². The van der Waals surface area contributed by atoms with Crippen LogP contribution in [0.25, 0.3) is 0 Å². The van der Waals surface area contributed by atoms with Gasteiger partial charge in [-0.05, 0) is 54.7 Å². The molecule has 0 spiro atoms. The van der Waals surface area contributed by atoms with Crippen molar-refractivity contribution < 1.29 is 8.42 Å². The van der Waals surface area contributed by atoms with Crippen LogP contribution in [0.2, 0.25) is 0 Å². The molecular weight excluding hydrogens is 300 g/mol. The quantitative estimate of drug-likeness (QED) is 0.559. The standard InChI is InChI=1S/C17H20O2S2/c1-15-10-12-17(13-11-15)21(18,19)20-14-6-5-9-16-7-3-2-4-8-16/h2-4,7-8,10-13H,5-6,9,14H2,1H3. The third kappa shape index (κ3) is 5.21. The van der Waals surface area contributed by atoms with Gasteiger partial charge in [0.1, 0.15) is 0 Å². The first kappa shape index (κ1) is 16.1. The van der Waals surface area contributed by atoms with Crippen molar-refractivity contribution in [2.24, 2.45) is 0 Å². The molecule has 0 aliphatic carbocycles. The number of unbranched alkanes of at least 4 members (excludes halogenated alkanes) is 1. The third-order valence-corrected chi connectivity index (χ3v) is 6.87. The minimum absolute atomic E-state index is 0.404. The number of benzene rings is 2. The summed E-state index contributed by atoms with van der Waals surface area (Å²) in [5, 5.41) is 0. The van der Waals surface area contributed by atoms with Crippen molar-refractivity contribution in [3.8, 4) is 0 Å². The molecule has 0 saturated carbocycles. The average molecular weight is 320 g/mol. The Kier molecular flexibility index (Phi) is 5.88. The monoisotopic (exact) mass is 320 g/mol. The summed E-state index contributed by atoms with van der Waals surface area (Å²) in [6.07, 6.45) is 2.93. The molecule has 2 aromatic carbocycles. The maximum absolute atomic E-state index is 12.1. The van der Waals surface area contributed by atoms with Gasteiger partial charge in [0.05, 0.1) is 4.90 Å². The highest BCUT2D eigenvalue weighted by Gasteiger charge is 2.14. The number of hydrogen-bond acceptors (Lipinski definition) is 3. The van der Waals surface area contributed by atoms with E-state index >= 15 is 0 Å². The second-order valence-corrected chi connectivity index (χ2v) is 9.08. The number of aryl methyl sites for hydroxylation is 2. The SMILES string of the molecule is Cc1ccc(S(=O)(=O)SCCCCc2ccccc2)cc1. The van der Waals surface area contributed by atoms with E-state index in [-0.39, 0.29) is 0 Å². The number of rotatable bonds is 7. The van der Waals surface area contributed by atoms with E-state index in [1.165, 1.54) is 5.56 Å². The Hall–Kier alpha value is -1.26. The van der Waals surface area contributed by atoms with Crippen LogP contribution in [0.4, 0.5) is 0 Å². The number of hydrogen-bond donors (Lipinski definition) is 0. The smallest absolute Gasteiger partial charge is 0.212 e. The fourth-order valence-corrected chi connectivity index (χ4v) is 4.92. The lowest BCUT2D eigenvalue weighted by Crippen LogP contribution is -1.97. The van der Waals surface area contributed by atoms with E-state index in [0.29, 0.717) is 10.6 Å². The lowest BCUT2D eigenvalue weighted by Gasteiger charge is -2.05. The maximum atomic E-state index is 12.1. The van der Waals surface area contributed by atoms with E-state index < -0.39 is 8.87 Å². The highest BCUT2D eigenvalue weighted by atomic mass is 33.1. The van der Waals surface area contributed by atoms with E-state index in [4.69, 9.17) is 0 Å². The molecule has 0 atom stereocenters. The highest BCUT2D eigenvalue weighted by Crippen LogP contribution is 2.24. The lowest BCUT2D eigenvalue weighted by atomic mass is 10.1. The summed E-state index contributed by atoms with van der Waals surface area (Å²) in [6.45, 7) is 1.95. The van der Waals surface area contributed by atoms with E-state index in [1.807, 2.05) is 37.3 Å². The largest absolute Gasteiger partial charge is 0.229 e. The van der Waals surface area contributed by atoms with Crippen molar-refractivity contribution in [2.75, 3.05) is 5.75 Å². The molecule has 4 heteroatoms.